The van der Waals surface area contributed by atoms with E-state index in [2.05, 4.69) is 35.9 Å². The quantitative estimate of drug-likeness (QED) is 0.841. The van der Waals surface area contributed by atoms with E-state index in [9.17, 15) is 0 Å². The van der Waals surface area contributed by atoms with Crippen LogP contribution in [0.3, 0.4) is 0 Å². The summed E-state index contributed by atoms with van der Waals surface area (Å²) in [6.07, 6.45) is 4.01. The zero-order valence-electron chi connectivity index (χ0n) is 13.2. The fourth-order valence-electron chi connectivity index (χ4n) is 3.63. The Balaban J connectivity index is 1.80. The third-order valence-electron chi connectivity index (χ3n) is 4.95. The Morgan fingerprint density at radius 2 is 1.84 bits per heavy atom. The standard InChI is InChI=1S/C16H33N3/c1-4-16-7-9-19(11-14(3)10-17-16)13-15-6-8-18(5-2)12-15/h14-17H,4-13H2,1-3H3. The number of hydrogen-bond donors (Lipinski definition) is 1. The first kappa shape index (κ1) is 15.3. The van der Waals surface area contributed by atoms with Crippen molar-refractivity contribution in [3.05, 3.63) is 0 Å². The molecule has 112 valence electrons. The lowest BCUT2D eigenvalue weighted by atomic mass is 10.0. The van der Waals surface area contributed by atoms with Crippen LogP contribution in [0.2, 0.25) is 0 Å². The first-order chi connectivity index (χ1) is 9.21. The highest BCUT2D eigenvalue weighted by atomic mass is 15.2. The summed E-state index contributed by atoms with van der Waals surface area (Å²) >= 11 is 0. The van der Waals surface area contributed by atoms with Gasteiger partial charge < -0.3 is 15.1 Å². The maximum atomic E-state index is 3.72. The molecule has 0 bridgehead atoms. The fraction of sp³-hybridized carbons (Fsp3) is 1.00. The van der Waals surface area contributed by atoms with Gasteiger partial charge in [0.25, 0.3) is 0 Å². The predicted molar refractivity (Wildman–Crippen MR) is 82.5 cm³/mol. The first-order valence-electron chi connectivity index (χ1n) is 8.39. The van der Waals surface area contributed by atoms with Gasteiger partial charge in [-0.15, -0.1) is 0 Å². The highest BCUT2D eigenvalue weighted by molar-refractivity contribution is 4.81. The van der Waals surface area contributed by atoms with E-state index in [0.29, 0.717) is 0 Å². The average molecular weight is 267 g/mol. The van der Waals surface area contributed by atoms with Gasteiger partial charge in [-0.3, -0.25) is 0 Å². The number of likely N-dealkylation sites (tertiary alicyclic amines) is 1. The van der Waals surface area contributed by atoms with Crippen LogP contribution in [0.1, 0.15) is 40.0 Å². The molecular weight excluding hydrogens is 234 g/mol. The molecule has 3 unspecified atom stereocenters. The molecule has 0 radical (unpaired) electrons. The first-order valence-corrected chi connectivity index (χ1v) is 8.39. The Hall–Kier alpha value is -0.120. The minimum Gasteiger partial charge on any atom is -0.314 e. The summed E-state index contributed by atoms with van der Waals surface area (Å²) in [6, 6.07) is 0.737. The summed E-state index contributed by atoms with van der Waals surface area (Å²) in [7, 11) is 0. The Morgan fingerprint density at radius 1 is 1.05 bits per heavy atom. The van der Waals surface area contributed by atoms with E-state index in [1.165, 1.54) is 65.1 Å². The van der Waals surface area contributed by atoms with Crippen molar-refractivity contribution >= 4 is 0 Å². The molecular formula is C16H33N3. The van der Waals surface area contributed by atoms with Crippen LogP contribution in [-0.4, -0.2) is 61.7 Å². The van der Waals surface area contributed by atoms with E-state index in [4.69, 9.17) is 0 Å². The highest BCUT2D eigenvalue weighted by Gasteiger charge is 2.25. The number of hydrogen-bond acceptors (Lipinski definition) is 3. The third-order valence-corrected chi connectivity index (χ3v) is 4.95. The second kappa shape index (κ2) is 7.61. The lowest BCUT2D eigenvalue weighted by Gasteiger charge is -2.33. The average Bonchev–Trinajstić information content (AvgIpc) is 2.84. The number of nitrogens with one attached hydrogen (secondary N) is 1. The van der Waals surface area contributed by atoms with Gasteiger partial charge in [-0.25, -0.2) is 0 Å². The molecule has 2 aliphatic rings. The van der Waals surface area contributed by atoms with Crippen LogP contribution in [0, 0.1) is 11.8 Å². The molecule has 19 heavy (non-hydrogen) atoms. The van der Waals surface area contributed by atoms with Gasteiger partial charge in [0, 0.05) is 25.7 Å². The van der Waals surface area contributed by atoms with Gasteiger partial charge >= 0.3 is 0 Å². The number of nitrogens with zero attached hydrogens (tertiary/aromatic N) is 2. The van der Waals surface area contributed by atoms with Gasteiger partial charge in [-0.05, 0) is 57.3 Å². The zero-order valence-corrected chi connectivity index (χ0v) is 13.2. The van der Waals surface area contributed by atoms with E-state index in [0.717, 1.165) is 17.9 Å². The van der Waals surface area contributed by atoms with Gasteiger partial charge in [0.2, 0.25) is 0 Å². The predicted octanol–water partition coefficient (Wildman–Crippen LogP) is 2.04. The molecule has 2 heterocycles. The lowest BCUT2D eigenvalue weighted by molar-refractivity contribution is 0.172. The van der Waals surface area contributed by atoms with E-state index in [1.807, 2.05) is 0 Å². The van der Waals surface area contributed by atoms with Crippen LogP contribution >= 0.6 is 0 Å². The van der Waals surface area contributed by atoms with E-state index in [-0.39, 0.29) is 0 Å². The Bertz CT molecular complexity index is 256. The molecule has 0 aliphatic carbocycles. The van der Waals surface area contributed by atoms with Crippen molar-refractivity contribution in [1.82, 2.24) is 15.1 Å². The Kier molecular flexibility index (Phi) is 6.11. The second-order valence-corrected chi connectivity index (χ2v) is 6.71. The van der Waals surface area contributed by atoms with Crippen LogP contribution in [0.25, 0.3) is 0 Å². The molecule has 0 spiro atoms. The van der Waals surface area contributed by atoms with E-state index < -0.39 is 0 Å². The maximum Gasteiger partial charge on any atom is 0.00767 e. The van der Waals surface area contributed by atoms with Gasteiger partial charge in [-0.1, -0.05) is 20.8 Å². The largest absolute Gasteiger partial charge is 0.314 e. The number of rotatable bonds is 4. The second-order valence-electron chi connectivity index (χ2n) is 6.71. The summed E-state index contributed by atoms with van der Waals surface area (Å²) < 4.78 is 0. The minimum absolute atomic E-state index is 0.737. The molecule has 2 fully saturated rings. The molecule has 3 heteroatoms. The normalized spacial score (nSPS) is 35.2. The smallest absolute Gasteiger partial charge is 0.00767 e. The minimum atomic E-state index is 0.737. The van der Waals surface area contributed by atoms with Crippen LogP contribution in [0.15, 0.2) is 0 Å². The van der Waals surface area contributed by atoms with Crippen molar-refractivity contribution in [2.45, 2.75) is 46.1 Å². The summed E-state index contributed by atoms with van der Waals surface area (Å²) in [6.45, 7) is 16.0. The van der Waals surface area contributed by atoms with Crippen molar-refractivity contribution in [1.29, 1.82) is 0 Å². The summed E-state index contributed by atoms with van der Waals surface area (Å²) in [4.78, 5) is 5.35. The van der Waals surface area contributed by atoms with Crippen molar-refractivity contribution in [2.75, 3.05) is 45.8 Å². The van der Waals surface area contributed by atoms with Crippen LogP contribution in [0.4, 0.5) is 0 Å². The van der Waals surface area contributed by atoms with Gasteiger partial charge in [-0.2, -0.15) is 0 Å². The van der Waals surface area contributed by atoms with Gasteiger partial charge in [0.15, 0.2) is 0 Å². The van der Waals surface area contributed by atoms with Gasteiger partial charge in [0.05, 0.1) is 0 Å². The monoisotopic (exact) mass is 267 g/mol. The van der Waals surface area contributed by atoms with Crippen LogP contribution in [-0.2, 0) is 0 Å². The Morgan fingerprint density at radius 3 is 2.53 bits per heavy atom. The van der Waals surface area contributed by atoms with Crippen LogP contribution < -0.4 is 5.32 Å². The molecule has 0 saturated carbocycles. The zero-order chi connectivity index (χ0) is 13.7. The molecule has 3 atom stereocenters. The van der Waals surface area contributed by atoms with Crippen molar-refractivity contribution in [3.63, 3.8) is 0 Å². The molecule has 3 nitrogen and oxygen atoms in total. The topological polar surface area (TPSA) is 18.5 Å². The van der Waals surface area contributed by atoms with E-state index >= 15 is 0 Å². The van der Waals surface area contributed by atoms with Crippen LogP contribution in [0.5, 0.6) is 0 Å². The molecule has 2 saturated heterocycles. The Labute approximate surface area is 119 Å². The van der Waals surface area contributed by atoms with Gasteiger partial charge in [0.1, 0.15) is 0 Å². The van der Waals surface area contributed by atoms with Crippen molar-refractivity contribution in [3.8, 4) is 0 Å². The molecule has 0 aromatic carbocycles. The molecule has 2 rings (SSSR count). The summed E-state index contributed by atoms with van der Waals surface area (Å²) in [5.41, 5.74) is 0. The highest BCUT2D eigenvalue weighted by Crippen LogP contribution is 2.19. The SMILES string of the molecule is CCC1CCN(CC2CCN(CC)C2)CC(C)CN1. The summed E-state index contributed by atoms with van der Waals surface area (Å²) in [5.74, 6) is 1.71. The molecule has 0 amide bonds. The third kappa shape index (κ3) is 4.73. The molecule has 2 aliphatic heterocycles. The van der Waals surface area contributed by atoms with E-state index in [1.54, 1.807) is 0 Å². The molecule has 0 aromatic heterocycles. The molecule has 0 aromatic rings. The fourth-order valence-corrected chi connectivity index (χ4v) is 3.63. The van der Waals surface area contributed by atoms with Crippen molar-refractivity contribution < 1.29 is 0 Å². The van der Waals surface area contributed by atoms with Crippen molar-refractivity contribution in [2.24, 2.45) is 11.8 Å². The molecule has 1 N–H and O–H groups in total. The summed E-state index contributed by atoms with van der Waals surface area (Å²) in [5, 5.41) is 3.72. The maximum absolute atomic E-state index is 3.72. The lowest BCUT2D eigenvalue weighted by Crippen LogP contribution is -2.45.